The summed E-state index contributed by atoms with van der Waals surface area (Å²) in [6.45, 7) is 4.87. The number of ether oxygens (including phenoxy) is 1. The molecular weight excluding hydrogens is 152 g/mol. The van der Waals surface area contributed by atoms with Crippen molar-refractivity contribution in [2.24, 2.45) is 11.1 Å². The van der Waals surface area contributed by atoms with Gasteiger partial charge >= 0.3 is 0 Å². The van der Waals surface area contributed by atoms with E-state index in [2.05, 4.69) is 12.2 Å². The summed E-state index contributed by atoms with van der Waals surface area (Å²) in [5, 5.41) is 3.38. The minimum atomic E-state index is 0.304. The van der Waals surface area contributed by atoms with Crippen molar-refractivity contribution in [2.75, 3.05) is 26.7 Å². The van der Waals surface area contributed by atoms with Gasteiger partial charge in [-0.25, -0.2) is 0 Å². The zero-order valence-electron chi connectivity index (χ0n) is 8.10. The highest BCUT2D eigenvalue weighted by molar-refractivity contribution is 4.95. The molecule has 0 bridgehead atoms. The summed E-state index contributed by atoms with van der Waals surface area (Å²) < 4.78 is 5.13. The molecule has 0 aliphatic heterocycles. The lowest BCUT2D eigenvalue weighted by atomic mass is 10.1. The molecule has 1 saturated carbocycles. The maximum absolute atomic E-state index is 5.65. The summed E-state index contributed by atoms with van der Waals surface area (Å²) in [5.41, 5.74) is 6.08. The van der Waals surface area contributed by atoms with Crippen molar-refractivity contribution in [1.82, 2.24) is 5.32 Å². The molecule has 0 saturated heterocycles. The lowest BCUT2D eigenvalue weighted by Crippen LogP contribution is -2.34. The Morgan fingerprint density at radius 1 is 1.58 bits per heavy atom. The second-order valence-corrected chi connectivity index (χ2v) is 3.88. The Hall–Kier alpha value is -0.120. The predicted molar refractivity (Wildman–Crippen MR) is 50.1 cm³/mol. The third kappa shape index (κ3) is 2.73. The lowest BCUT2D eigenvalue weighted by molar-refractivity contribution is 0.116. The number of nitrogens with one attached hydrogen (secondary N) is 1. The normalized spacial score (nSPS) is 22.2. The number of nitrogens with two attached hydrogens (primary N) is 1. The Labute approximate surface area is 74.7 Å². The van der Waals surface area contributed by atoms with Crippen molar-refractivity contribution >= 4 is 0 Å². The van der Waals surface area contributed by atoms with E-state index in [1.165, 1.54) is 12.8 Å². The molecule has 0 aromatic heterocycles. The van der Waals surface area contributed by atoms with E-state index in [1.807, 2.05) is 0 Å². The van der Waals surface area contributed by atoms with E-state index >= 15 is 0 Å². The van der Waals surface area contributed by atoms with E-state index in [-0.39, 0.29) is 0 Å². The van der Waals surface area contributed by atoms with Crippen LogP contribution in [0.15, 0.2) is 0 Å². The fraction of sp³-hybridized carbons (Fsp3) is 1.00. The topological polar surface area (TPSA) is 47.3 Å². The molecule has 0 heterocycles. The van der Waals surface area contributed by atoms with Crippen LogP contribution in [0.5, 0.6) is 0 Å². The number of methoxy groups -OCH3 is 1. The second kappa shape index (κ2) is 4.21. The molecule has 3 nitrogen and oxygen atoms in total. The first kappa shape index (κ1) is 9.96. The van der Waals surface area contributed by atoms with Crippen molar-refractivity contribution in [3.8, 4) is 0 Å². The Kier molecular flexibility index (Phi) is 3.50. The van der Waals surface area contributed by atoms with E-state index in [0.29, 0.717) is 11.5 Å². The van der Waals surface area contributed by atoms with Gasteiger partial charge in [0.2, 0.25) is 0 Å². The van der Waals surface area contributed by atoms with Crippen LogP contribution < -0.4 is 11.1 Å². The van der Waals surface area contributed by atoms with Crippen LogP contribution in [-0.4, -0.2) is 32.8 Å². The highest BCUT2D eigenvalue weighted by atomic mass is 16.5. The molecular formula is C9H20N2O. The molecule has 1 aliphatic carbocycles. The van der Waals surface area contributed by atoms with Gasteiger partial charge in [0.05, 0.1) is 6.10 Å². The second-order valence-electron chi connectivity index (χ2n) is 3.88. The molecule has 0 spiro atoms. The highest BCUT2D eigenvalue weighted by Gasteiger charge is 2.40. The average Bonchev–Trinajstić information content (AvgIpc) is 2.85. The first-order chi connectivity index (χ1) is 5.72. The van der Waals surface area contributed by atoms with Gasteiger partial charge < -0.3 is 15.8 Å². The minimum Gasteiger partial charge on any atom is -0.380 e. The summed E-state index contributed by atoms with van der Waals surface area (Å²) in [7, 11) is 1.74. The van der Waals surface area contributed by atoms with Gasteiger partial charge in [0.1, 0.15) is 0 Å². The zero-order valence-corrected chi connectivity index (χ0v) is 8.10. The van der Waals surface area contributed by atoms with Crippen molar-refractivity contribution in [3.05, 3.63) is 0 Å². The summed E-state index contributed by atoms with van der Waals surface area (Å²) in [4.78, 5) is 0. The lowest BCUT2D eigenvalue weighted by Gasteiger charge is -2.15. The van der Waals surface area contributed by atoms with Crippen LogP contribution in [0.3, 0.4) is 0 Å². The molecule has 3 N–H and O–H groups in total. The van der Waals surface area contributed by atoms with Gasteiger partial charge in [-0.15, -0.1) is 0 Å². The zero-order chi connectivity index (χ0) is 9.03. The standard InChI is InChI=1S/C9H20N2O/c1-8(12-2)5-11-7-9(6-10)3-4-9/h8,11H,3-7,10H2,1-2H3. The fourth-order valence-electron chi connectivity index (χ4n) is 1.25. The van der Waals surface area contributed by atoms with Crippen molar-refractivity contribution in [3.63, 3.8) is 0 Å². The van der Waals surface area contributed by atoms with Crippen LogP contribution in [0.2, 0.25) is 0 Å². The third-order valence-electron chi connectivity index (χ3n) is 2.72. The summed E-state index contributed by atoms with van der Waals surface area (Å²) in [6, 6.07) is 0. The van der Waals surface area contributed by atoms with Crippen LogP contribution >= 0.6 is 0 Å². The minimum absolute atomic E-state index is 0.304. The monoisotopic (exact) mass is 172 g/mol. The maximum Gasteiger partial charge on any atom is 0.0667 e. The molecule has 12 heavy (non-hydrogen) atoms. The Morgan fingerprint density at radius 2 is 2.25 bits per heavy atom. The summed E-state index contributed by atoms with van der Waals surface area (Å²) >= 11 is 0. The average molecular weight is 172 g/mol. The Morgan fingerprint density at radius 3 is 2.67 bits per heavy atom. The van der Waals surface area contributed by atoms with Gasteiger partial charge in [-0.05, 0) is 31.7 Å². The van der Waals surface area contributed by atoms with E-state index in [0.717, 1.165) is 19.6 Å². The van der Waals surface area contributed by atoms with Crippen molar-refractivity contribution in [1.29, 1.82) is 0 Å². The van der Waals surface area contributed by atoms with E-state index in [4.69, 9.17) is 10.5 Å². The maximum atomic E-state index is 5.65. The van der Waals surface area contributed by atoms with Crippen LogP contribution in [-0.2, 0) is 4.74 Å². The van der Waals surface area contributed by atoms with Crippen molar-refractivity contribution < 1.29 is 4.74 Å². The fourth-order valence-corrected chi connectivity index (χ4v) is 1.25. The number of rotatable bonds is 6. The van der Waals surface area contributed by atoms with Gasteiger partial charge in [-0.1, -0.05) is 0 Å². The number of hydrogen-bond acceptors (Lipinski definition) is 3. The molecule has 72 valence electrons. The van der Waals surface area contributed by atoms with Crippen molar-refractivity contribution in [2.45, 2.75) is 25.9 Å². The van der Waals surface area contributed by atoms with Gasteiger partial charge in [0.15, 0.2) is 0 Å². The number of hydrogen-bond donors (Lipinski definition) is 2. The molecule has 1 fully saturated rings. The molecule has 1 rings (SSSR count). The molecule has 1 atom stereocenters. The largest absolute Gasteiger partial charge is 0.380 e. The molecule has 3 heteroatoms. The quantitative estimate of drug-likeness (QED) is 0.608. The van der Waals surface area contributed by atoms with Gasteiger partial charge in [-0.3, -0.25) is 0 Å². The molecule has 0 amide bonds. The summed E-state index contributed by atoms with van der Waals surface area (Å²) in [6.07, 6.45) is 2.88. The molecule has 0 radical (unpaired) electrons. The highest BCUT2D eigenvalue weighted by Crippen LogP contribution is 2.43. The van der Waals surface area contributed by atoms with Gasteiger partial charge in [-0.2, -0.15) is 0 Å². The molecule has 0 aromatic rings. The summed E-state index contributed by atoms with van der Waals surface area (Å²) in [5.74, 6) is 0. The smallest absolute Gasteiger partial charge is 0.0667 e. The van der Waals surface area contributed by atoms with Gasteiger partial charge in [0.25, 0.3) is 0 Å². The van der Waals surface area contributed by atoms with Crippen LogP contribution in [0.4, 0.5) is 0 Å². The Bertz CT molecular complexity index is 134. The SMILES string of the molecule is COC(C)CNCC1(CN)CC1. The van der Waals surface area contributed by atoms with E-state index in [1.54, 1.807) is 7.11 Å². The first-order valence-corrected chi connectivity index (χ1v) is 4.66. The van der Waals surface area contributed by atoms with E-state index < -0.39 is 0 Å². The molecule has 1 unspecified atom stereocenters. The van der Waals surface area contributed by atoms with Gasteiger partial charge in [0, 0.05) is 20.2 Å². The molecule has 1 aliphatic rings. The van der Waals surface area contributed by atoms with Crippen LogP contribution in [0, 0.1) is 5.41 Å². The van der Waals surface area contributed by atoms with Crippen LogP contribution in [0.25, 0.3) is 0 Å². The Balaban J connectivity index is 2.02. The van der Waals surface area contributed by atoms with Crippen LogP contribution in [0.1, 0.15) is 19.8 Å². The first-order valence-electron chi connectivity index (χ1n) is 4.66. The van der Waals surface area contributed by atoms with E-state index in [9.17, 15) is 0 Å². The molecule has 0 aromatic carbocycles. The third-order valence-corrected chi connectivity index (χ3v) is 2.72. The predicted octanol–water partition coefficient (Wildman–Crippen LogP) is 0.350.